The van der Waals surface area contributed by atoms with Crippen LogP contribution in [-0.4, -0.2) is 44.1 Å². The summed E-state index contributed by atoms with van der Waals surface area (Å²) in [5.41, 5.74) is 0.610. The van der Waals surface area contributed by atoms with Gasteiger partial charge in [-0.3, -0.25) is 9.59 Å². The molecule has 98 valence electrons. The van der Waals surface area contributed by atoms with Gasteiger partial charge in [0.05, 0.1) is 11.6 Å². The molecule has 0 aliphatic heterocycles. The second-order valence-corrected chi connectivity index (χ2v) is 5.37. The van der Waals surface area contributed by atoms with Gasteiger partial charge in [0.1, 0.15) is 4.88 Å². The van der Waals surface area contributed by atoms with Crippen molar-refractivity contribution in [2.75, 3.05) is 6.54 Å². The third kappa shape index (κ3) is 2.66. The Morgan fingerprint density at radius 2 is 2.22 bits per heavy atom. The lowest BCUT2D eigenvalue weighted by Crippen LogP contribution is -2.38. The average Bonchev–Trinajstić information content (AvgIpc) is 3.07. The lowest BCUT2D eigenvalue weighted by molar-refractivity contribution is -0.141. The summed E-state index contributed by atoms with van der Waals surface area (Å²) < 4.78 is 3.75. The number of aliphatic carboxylic acids is 1. The molecule has 1 fully saturated rings. The van der Waals surface area contributed by atoms with E-state index in [2.05, 4.69) is 9.59 Å². The van der Waals surface area contributed by atoms with Crippen LogP contribution in [0.1, 0.15) is 35.1 Å². The van der Waals surface area contributed by atoms with E-state index in [1.807, 2.05) is 0 Å². The maximum Gasteiger partial charge on any atom is 0.308 e. The number of rotatable bonds is 5. The van der Waals surface area contributed by atoms with E-state index in [1.165, 1.54) is 0 Å². The first kappa shape index (κ1) is 12.9. The Kier molecular flexibility index (Phi) is 3.60. The number of carbonyl (C=O) groups is 2. The Labute approximate surface area is 109 Å². The molecule has 1 aliphatic rings. The minimum absolute atomic E-state index is 0.141. The van der Waals surface area contributed by atoms with Gasteiger partial charge >= 0.3 is 5.97 Å². The topological polar surface area (TPSA) is 83.4 Å². The van der Waals surface area contributed by atoms with E-state index in [4.69, 9.17) is 5.11 Å². The summed E-state index contributed by atoms with van der Waals surface area (Å²) >= 11 is 1.07. The van der Waals surface area contributed by atoms with Crippen LogP contribution in [0.3, 0.4) is 0 Å². The van der Waals surface area contributed by atoms with Crippen LogP contribution in [0.5, 0.6) is 0 Å². The molecule has 6 nitrogen and oxygen atoms in total. The molecule has 1 aromatic heterocycles. The monoisotopic (exact) mass is 269 g/mol. The third-order valence-electron chi connectivity index (χ3n) is 2.99. The van der Waals surface area contributed by atoms with E-state index in [0.29, 0.717) is 10.6 Å². The summed E-state index contributed by atoms with van der Waals surface area (Å²) in [7, 11) is 0. The molecule has 7 heteroatoms. The number of amides is 1. The average molecular weight is 269 g/mol. The van der Waals surface area contributed by atoms with E-state index < -0.39 is 11.9 Å². The third-order valence-corrected chi connectivity index (χ3v) is 3.80. The summed E-state index contributed by atoms with van der Waals surface area (Å²) in [6.45, 7) is 3.60. The number of hydrogen-bond donors (Lipinski definition) is 1. The van der Waals surface area contributed by atoms with Crippen molar-refractivity contribution in [3.8, 4) is 0 Å². The molecule has 1 aromatic rings. The summed E-state index contributed by atoms with van der Waals surface area (Å²) in [4.78, 5) is 25.4. The van der Waals surface area contributed by atoms with Crippen LogP contribution in [0, 0.1) is 12.8 Å². The van der Waals surface area contributed by atoms with Crippen LogP contribution in [0.25, 0.3) is 0 Å². The number of hydrogen-bond acceptors (Lipinski definition) is 5. The van der Waals surface area contributed by atoms with Gasteiger partial charge in [-0.2, -0.15) is 0 Å². The quantitative estimate of drug-likeness (QED) is 0.867. The SMILES string of the molecule is Cc1nnsc1C(=O)N(CC(C)C(=O)O)C1CC1. The van der Waals surface area contributed by atoms with Crippen molar-refractivity contribution in [2.45, 2.75) is 32.7 Å². The lowest BCUT2D eigenvalue weighted by atomic mass is 10.1. The second-order valence-electron chi connectivity index (χ2n) is 4.62. The number of nitrogens with zero attached hydrogens (tertiary/aromatic N) is 3. The first-order valence-corrected chi connectivity index (χ1v) is 6.60. The van der Waals surface area contributed by atoms with Gasteiger partial charge in [-0.25, -0.2) is 0 Å². The molecule has 2 rings (SSSR count). The zero-order chi connectivity index (χ0) is 13.3. The fourth-order valence-electron chi connectivity index (χ4n) is 1.72. The molecule has 1 N–H and O–H groups in total. The molecule has 0 radical (unpaired) electrons. The molecular formula is C11H15N3O3S. The highest BCUT2D eigenvalue weighted by atomic mass is 32.1. The highest BCUT2D eigenvalue weighted by molar-refractivity contribution is 7.07. The standard InChI is InChI=1S/C11H15N3O3S/c1-6(11(16)17)5-14(8-3-4-8)10(15)9-7(2)12-13-18-9/h6,8H,3-5H2,1-2H3,(H,16,17). The molecule has 1 amide bonds. The molecule has 0 aromatic carbocycles. The molecule has 1 aliphatic carbocycles. The van der Waals surface area contributed by atoms with Gasteiger partial charge in [-0.15, -0.1) is 5.10 Å². The van der Waals surface area contributed by atoms with Crippen molar-refractivity contribution in [1.82, 2.24) is 14.5 Å². The Morgan fingerprint density at radius 3 is 2.67 bits per heavy atom. The van der Waals surface area contributed by atoms with Crippen LogP contribution in [0.2, 0.25) is 0 Å². The normalized spacial score (nSPS) is 16.3. The molecule has 0 spiro atoms. The molecule has 1 unspecified atom stereocenters. The maximum absolute atomic E-state index is 12.3. The fraction of sp³-hybridized carbons (Fsp3) is 0.636. The van der Waals surface area contributed by atoms with Crippen LogP contribution >= 0.6 is 11.5 Å². The van der Waals surface area contributed by atoms with E-state index in [-0.39, 0.29) is 18.5 Å². The van der Waals surface area contributed by atoms with Crippen molar-refractivity contribution in [2.24, 2.45) is 5.92 Å². The Hall–Kier alpha value is -1.50. The van der Waals surface area contributed by atoms with Crippen molar-refractivity contribution in [1.29, 1.82) is 0 Å². The van der Waals surface area contributed by atoms with Gasteiger partial charge in [0.15, 0.2) is 0 Å². The molecule has 1 heterocycles. The highest BCUT2D eigenvalue weighted by Gasteiger charge is 2.36. The smallest absolute Gasteiger partial charge is 0.308 e. The minimum Gasteiger partial charge on any atom is -0.481 e. The largest absolute Gasteiger partial charge is 0.481 e. The van der Waals surface area contributed by atoms with Crippen LogP contribution in [0.15, 0.2) is 0 Å². The van der Waals surface area contributed by atoms with Crippen LogP contribution in [0.4, 0.5) is 0 Å². The number of aromatic nitrogens is 2. The lowest BCUT2D eigenvalue weighted by Gasteiger charge is -2.23. The molecule has 1 saturated carbocycles. The molecule has 18 heavy (non-hydrogen) atoms. The van der Waals surface area contributed by atoms with Gasteiger partial charge in [0.25, 0.3) is 5.91 Å². The van der Waals surface area contributed by atoms with Crippen molar-refractivity contribution in [3.63, 3.8) is 0 Å². The summed E-state index contributed by atoms with van der Waals surface area (Å²) in [6, 6.07) is 0.181. The van der Waals surface area contributed by atoms with Crippen LogP contribution < -0.4 is 0 Å². The number of carbonyl (C=O) groups excluding carboxylic acids is 1. The Bertz CT molecular complexity index is 470. The summed E-state index contributed by atoms with van der Waals surface area (Å²) in [5, 5.41) is 12.8. The van der Waals surface area contributed by atoms with Gasteiger partial charge in [-0.1, -0.05) is 11.4 Å². The van der Waals surface area contributed by atoms with Crippen molar-refractivity contribution < 1.29 is 14.7 Å². The number of aryl methyl sites for hydroxylation is 1. The number of carboxylic acids is 1. The van der Waals surface area contributed by atoms with E-state index in [9.17, 15) is 9.59 Å². The van der Waals surface area contributed by atoms with E-state index in [0.717, 1.165) is 24.4 Å². The minimum atomic E-state index is -0.882. The van der Waals surface area contributed by atoms with Gasteiger partial charge in [0.2, 0.25) is 0 Å². The molecular weight excluding hydrogens is 254 g/mol. The molecule has 0 bridgehead atoms. The van der Waals surface area contributed by atoms with Crippen molar-refractivity contribution in [3.05, 3.63) is 10.6 Å². The highest BCUT2D eigenvalue weighted by Crippen LogP contribution is 2.30. The van der Waals surface area contributed by atoms with E-state index in [1.54, 1.807) is 18.7 Å². The van der Waals surface area contributed by atoms with Gasteiger partial charge < -0.3 is 10.0 Å². The molecule has 1 atom stereocenters. The number of carboxylic acid groups (broad SMARTS) is 1. The predicted octanol–water partition coefficient (Wildman–Crippen LogP) is 1.17. The zero-order valence-electron chi connectivity index (χ0n) is 10.3. The van der Waals surface area contributed by atoms with Crippen LogP contribution in [-0.2, 0) is 4.79 Å². The Morgan fingerprint density at radius 1 is 1.56 bits per heavy atom. The second kappa shape index (κ2) is 5.01. The first-order chi connectivity index (χ1) is 8.50. The summed E-state index contributed by atoms with van der Waals surface area (Å²) in [5.74, 6) is -1.58. The van der Waals surface area contributed by atoms with E-state index >= 15 is 0 Å². The summed E-state index contributed by atoms with van der Waals surface area (Å²) in [6.07, 6.45) is 1.90. The van der Waals surface area contributed by atoms with Crippen molar-refractivity contribution >= 4 is 23.4 Å². The predicted molar refractivity (Wildman–Crippen MR) is 65.5 cm³/mol. The molecule has 0 saturated heterocycles. The zero-order valence-corrected chi connectivity index (χ0v) is 11.1. The fourth-order valence-corrected chi connectivity index (χ4v) is 2.33. The van der Waals surface area contributed by atoms with Gasteiger partial charge in [0, 0.05) is 12.6 Å². The Balaban J connectivity index is 2.13. The first-order valence-electron chi connectivity index (χ1n) is 5.83. The van der Waals surface area contributed by atoms with Gasteiger partial charge in [-0.05, 0) is 31.3 Å². The maximum atomic E-state index is 12.3.